The van der Waals surface area contributed by atoms with Crippen molar-refractivity contribution in [3.63, 3.8) is 0 Å². The lowest BCUT2D eigenvalue weighted by atomic mass is 10.9. The van der Waals surface area contributed by atoms with E-state index in [0.29, 0.717) is 5.19 Å². The van der Waals surface area contributed by atoms with Gasteiger partial charge < -0.3 is 9.84 Å². The summed E-state index contributed by atoms with van der Waals surface area (Å²) in [6.45, 7) is 0. The number of amides is 1. The monoisotopic (exact) mass is 175 g/mol. The summed E-state index contributed by atoms with van der Waals surface area (Å²) in [6, 6.07) is 0. The van der Waals surface area contributed by atoms with Crippen LogP contribution >= 0.6 is 11.5 Å². The summed E-state index contributed by atoms with van der Waals surface area (Å²) in [5.41, 5.74) is 0. The number of methoxy groups -OCH3 is 1. The molecule has 0 aliphatic rings. The van der Waals surface area contributed by atoms with E-state index in [0.717, 1.165) is 11.5 Å². The standard InChI is InChI=1S/C4H5N3O3S/c1-10-4-6-2(7-11-4)5-3(8)9/h1H3,(H,5,7)(H,8,9). The number of nitrogens with one attached hydrogen (secondary N) is 1. The maximum Gasteiger partial charge on any atom is 0.411 e. The molecule has 0 bridgehead atoms. The normalized spacial score (nSPS) is 9.18. The molecule has 0 fully saturated rings. The van der Waals surface area contributed by atoms with Crippen LogP contribution in [0.2, 0.25) is 0 Å². The van der Waals surface area contributed by atoms with Gasteiger partial charge in [-0.15, -0.1) is 4.37 Å². The fourth-order valence-corrected chi connectivity index (χ4v) is 0.892. The zero-order chi connectivity index (χ0) is 8.27. The molecule has 1 heterocycles. The van der Waals surface area contributed by atoms with E-state index in [1.807, 2.05) is 5.32 Å². The average molecular weight is 175 g/mol. The summed E-state index contributed by atoms with van der Waals surface area (Å²) in [7, 11) is 1.44. The van der Waals surface area contributed by atoms with E-state index in [9.17, 15) is 4.79 Å². The van der Waals surface area contributed by atoms with Crippen LogP contribution in [0.4, 0.5) is 10.7 Å². The van der Waals surface area contributed by atoms with Crippen molar-refractivity contribution in [3.8, 4) is 5.19 Å². The van der Waals surface area contributed by atoms with Gasteiger partial charge in [0.15, 0.2) is 0 Å². The fraction of sp³-hybridized carbons (Fsp3) is 0.250. The van der Waals surface area contributed by atoms with Crippen molar-refractivity contribution in [1.82, 2.24) is 9.36 Å². The first-order valence-electron chi connectivity index (χ1n) is 2.60. The number of nitrogens with zero attached hydrogens (tertiary/aromatic N) is 2. The number of aromatic nitrogens is 2. The maximum absolute atomic E-state index is 10.0. The summed E-state index contributed by atoms with van der Waals surface area (Å²) in [5, 5.41) is 10.5. The number of carbonyl (C=O) groups is 1. The van der Waals surface area contributed by atoms with Crippen molar-refractivity contribution in [3.05, 3.63) is 0 Å². The second kappa shape index (κ2) is 3.15. The van der Waals surface area contributed by atoms with Crippen molar-refractivity contribution < 1.29 is 14.6 Å². The van der Waals surface area contributed by atoms with Crippen LogP contribution in [0.1, 0.15) is 0 Å². The lowest BCUT2D eigenvalue weighted by molar-refractivity contribution is 0.209. The first-order chi connectivity index (χ1) is 5.22. The molecule has 1 rings (SSSR count). The molecule has 1 amide bonds. The maximum atomic E-state index is 10.0. The zero-order valence-corrected chi connectivity index (χ0v) is 6.38. The SMILES string of the molecule is COc1nc(NC(=O)O)ns1. The Bertz CT molecular complexity index is 261. The highest BCUT2D eigenvalue weighted by Crippen LogP contribution is 2.15. The highest BCUT2D eigenvalue weighted by atomic mass is 32.1. The summed E-state index contributed by atoms with van der Waals surface area (Å²) in [4.78, 5) is 13.7. The van der Waals surface area contributed by atoms with Gasteiger partial charge in [0.1, 0.15) is 0 Å². The molecule has 0 saturated carbocycles. The second-order valence-corrected chi connectivity index (χ2v) is 2.23. The van der Waals surface area contributed by atoms with Gasteiger partial charge in [-0.2, -0.15) is 4.98 Å². The number of anilines is 1. The van der Waals surface area contributed by atoms with Gasteiger partial charge in [0, 0.05) is 11.5 Å². The van der Waals surface area contributed by atoms with Gasteiger partial charge in [0.2, 0.25) is 5.95 Å². The van der Waals surface area contributed by atoms with Gasteiger partial charge in [-0.3, -0.25) is 5.32 Å². The molecular formula is C4H5N3O3S. The van der Waals surface area contributed by atoms with Crippen molar-refractivity contribution in [2.24, 2.45) is 0 Å². The summed E-state index contributed by atoms with van der Waals surface area (Å²) < 4.78 is 8.33. The van der Waals surface area contributed by atoms with Crippen molar-refractivity contribution >= 4 is 23.6 Å². The second-order valence-electron chi connectivity index (χ2n) is 1.52. The molecule has 1 aromatic rings. The van der Waals surface area contributed by atoms with Crippen LogP contribution in [0.15, 0.2) is 0 Å². The van der Waals surface area contributed by atoms with Crippen LogP contribution in [0.5, 0.6) is 5.19 Å². The molecule has 7 heteroatoms. The van der Waals surface area contributed by atoms with E-state index in [-0.39, 0.29) is 5.95 Å². The van der Waals surface area contributed by atoms with E-state index in [1.165, 1.54) is 7.11 Å². The third kappa shape index (κ3) is 2.04. The van der Waals surface area contributed by atoms with Gasteiger partial charge in [-0.25, -0.2) is 4.79 Å². The van der Waals surface area contributed by atoms with E-state index >= 15 is 0 Å². The van der Waals surface area contributed by atoms with Gasteiger partial charge in [0.25, 0.3) is 5.19 Å². The van der Waals surface area contributed by atoms with Gasteiger partial charge in [0.05, 0.1) is 7.11 Å². The molecule has 6 nitrogen and oxygen atoms in total. The number of hydrogen-bond donors (Lipinski definition) is 2. The lowest BCUT2D eigenvalue weighted by Gasteiger charge is -1.89. The summed E-state index contributed by atoms with van der Waals surface area (Å²) >= 11 is 0.982. The van der Waals surface area contributed by atoms with Crippen molar-refractivity contribution in [2.45, 2.75) is 0 Å². The van der Waals surface area contributed by atoms with Gasteiger partial charge >= 0.3 is 6.09 Å². The third-order valence-electron chi connectivity index (χ3n) is 0.801. The molecule has 0 aliphatic heterocycles. The summed E-state index contributed by atoms with van der Waals surface area (Å²) in [6.07, 6.45) is -1.19. The average Bonchev–Trinajstić information content (AvgIpc) is 2.34. The Morgan fingerprint density at radius 2 is 2.55 bits per heavy atom. The minimum Gasteiger partial charge on any atom is -0.472 e. The number of hydrogen-bond acceptors (Lipinski definition) is 5. The molecule has 60 valence electrons. The highest BCUT2D eigenvalue weighted by Gasteiger charge is 2.04. The molecule has 0 saturated heterocycles. The van der Waals surface area contributed by atoms with Crippen LogP contribution in [-0.2, 0) is 0 Å². The Balaban J connectivity index is 2.65. The van der Waals surface area contributed by atoms with Crippen LogP contribution in [0.25, 0.3) is 0 Å². The van der Waals surface area contributed by atoms with Crippen molar-refractivity contribution in [1.29, 1.82) is 0 Å². The smallest absolute Gasteiger partial charge is 0.411 e. The molecule has 0 atom stereocenters. The highest BCUT2D eigenvalue weighted by molar-refractivity contribution is 7.07. The topological polar surface area (TPSA) is 84.3 Å². The third-order valence-corrected chi connectivity index (χ3v) is 1.48. The quantitative estimate of drug-likeness (QED) is 0.688. The summed E-state index contributed by atoms with van der Waals surface area (Å²) in [5.74, 6) is 0.0411. The number of rotatable bonds is 2. The Morgan fingerprint density at radius 3 is 3.00 bits per heavy atom. The number of ether oxygens (including phenoxy) is 1. The first kappa shape index (κ1) is 7.73. The minimum atomic E-state index is -1.19. The van der Waals surface area contributed by atoms with E-state index in [4.69, 9.17) is 5.11 Å². The van der Waals surface area contributed by atoms with Crippen LogP contribution in [-0.4, -0.2) is 27.7 Å². The Hall–Kier alpha value is -1.37. The minimum absolute atomic E-state index is 0.0411. The molecular weight excluding hydrogens is 170 g/mol. The van der Waals surface area contributed by atoms with Gasteiger partial charge in [-0.1, -0.05) is 0 Å². The van der Waals surface area contributed by atoms with Crippen LogP contribution in [0.3, 0.4) is 0 Å². The molecule has 1 aromatic heterocycles. The Morgan fingerprint density at radius 1 is 1.82 bits per heavy atom. The van der Waals surface area contributed by atoms with Crippen molar-refractivity contribution in [2.75, 3.05) is 12.4 Å². The van der Waals surface area contributed by atoms with Crippen LogP contribution in [0, 0.1) is 0 Å². The molecule has 0 radical (unpaired) electrons. The van der Waals surface area contributed by atoms with Gasteiger partial charge in [-0.05, 0) is 0 Å². The van der Waals surface area contributed by atoms with Crippen LogP contribution < -0.4 is 10.1 Å². The van der Waals surface area contributed by atoms with E-state index in [1.54, 1.807) is 0 Å². The predicted molar refractivity (Wildman–Crippen MR) is 38.1 cm³/mol. The fourth-order valence-electron chi connectivity index (χ4n) is 0.439. The zero-order valence-electron chi connectivity index (χ0n) is 5.57. The largest absolute Gasteiger partial charge is 0.472 e. The molecule has 0 spiro atoms. The predicted octanol–water partition coefficient (Wildman–Crippen LogP) is 0.637. The van der Waals surface area contributed by atoms with E-state index < -0.39 is 6.09 Å². The first-order valence-corrected chi connectivity index (χ1v) is 3.37. The molecule has 0 aromatic carbocycles. The number of carboxylic acid groups (broad SMARTS) is 1. The Labute approximate surface area is 66.0 Å². The molecule has 0 unspecified atom stereocenters. The molecule has 0 aliphatic carbocycles. The lowest BCUT2D eigenvalue weighted by Crippen LogP contribution is -2.08. The Kier molecular flexibility index (Phi) is 2.21. The molecule has 2 N–H and O–H groups in total. The molecule has 11 heavy (non-hydrogen) atoms. The van der Waals surface area contributed by atoms with E-state index in [2.05, 4.69) is 14.1 Å².